The van der Waals surface area contributed by atoms with Gasteiger partial charge in [0.1, 0.15) is 0 Å². The van der Waals surface area contributed by atoms with Gasteiger partial charge in [0.05, 0.1) is 32.4 Å². The van der Waals surface area contributed by atoms with E-state index >= 15 is 0 Å². The number of methoxy groups -OCH3 is 1. The van der Waals surface area contributed by atoms with Crippen LogP contribution in [0.1, 0.15) is 25.7 Å². The molecule has 0 aliphatic carbocycles. The monoisotopic (exact) mass is 387 g/mol. The summed E-state index contributed by atoms with van der Waals surface area (Å²) in [6.07, 6.45) is 14.6. The van der Waals surface area contributed by atoms with Crippen molar-refractivity contribution in [1.29, 1.82) is 0 Å². The quantitative estimate of drug-likeness (QED) is 0.726. The van der Waals surface area contributed by atoms with Gasteiger partial charge in [0, 0.05) is 24.4 Å². The van der Waals surface area contributed by atoms with Crippen LogP contribution < -0.4 is 0 Å². The van der Waals surface area contributed by atoms with Crippen molar-refractivity contribution < 1.29 is 19.1 Å². The number of rotatable bonds is 2. The van der Waals surface area contributed by atoms with Crippen LogP contribution in [0.4, 0.5) is 4.79 Å². The zero-order chi connectivity index (χ0) is 19.5. The van der Waals surface area contributed by atoms with Crippen LogP contribution in [-0.4, -0.2) is 78.2 Å². The Morgan fingerprint density at radius 2 is 1.54 bits per heavy atom. The Balaban J connectivity index is 1.33. The summed E-state index contributed by atoms with van der Waals surface area (Å²) in [5.74, 6) is 0.253. The molecule has 0 aromatic heterocycles. The maximum atomic E-state index is 12.8. The molecule has 3 saturated heterocycles. The Kier molecular flexibility index (Phi) is 5.82. The molecule has 4 aliphatic rings. The summed E-state index contributed by atoms with van der Waals surface area (Å²) in [7, 11) is 1.44. The lowest BCUT2D eigenvalue weighted by Crippen LogP contribution is -2.63. The topological polar surface area (TPSA) is 62.3 Å². The molecule has 7 heteroatoms. The number of likely N-dealkylation sites (tertiary alicyclic amines) is 1. The number of nitrogens with zero attached hydrogens (tertiary/aromatic N) is 3. The molecule has 0 aromatic rings. The van der Waals surface area contributed by atoms with E-state index in [1.165, 1.54) is 7.11 Å². The minimum atomic E-state index is -0.242. The number of fused-ring (bicyclic) bond motifs is 2. The van der Waals surface area contributed by atoms with Gasteiger partial charge in [-0.25, -0.2) is 4.79 Å². The first-order valence-electron chi connectivity index (χ1n) is 10.2. The van der Waals surface area contributed by atoms with Crippen LogP contribution in [-0.2, 0) is 14.3 Å². The van der Waals surface area contributed by atoms with Gasteiger partial charge in [0.25, 0.3) is 0 Å². The van der Waals surface area contributed by atoms with E-state index in [-0.39, 0.29) is 30.0 Å². The van der Waals surface area contributed by atoms with E-state index in [4.69, 9.17) is 9.47 Å². The third kappa shape index (κ3) is 3.86. The van der Waals surface area contributed by atoms with E-state index in [0.717, 1.165) is 38.8 Å². The average Bonchev–Trinajstić information content (AvgIpc) is 3.01. The molecule has 0 N–H and O–H groups in total. The number of amides is 2. The molecule has 3 fully saturated rings. The Labute approximate surface area is 166 Å². The number of hydrogen-bond acceptors (Lipinski definition) is 5. The molecular formula is C21H29N3O4. The molecule has 2 bridgehead atoms. The van der Waals surface area contributed by atoms with E-state index in [1.54, 1.807) is 4.90 Å². The van der Waals surface area contributed by atoms with E-state index in [9.17, 15) is 9.59 Å². The molecule has 4 rings (SSSR count). The minimum Gasteiger partial charge on any atom is -0.453 e. The van der Waals surface area contributed by atoms with Gasteiger partial charge in [-0.1, -0.05) is 12.2 Å². The molecule has 2 unspecified atom stereocenters. The zero-order valence-corrected chi connectivity index (χ0v) is 16.4. The second-order valence-electron chi connectivity index (χ2n) is 7.97. The molecule has 2 amide bonds. The van der Waals surface area contributed by atoms with Gasteiger partial charge in [0.2, 0.25) is 5.91 Å². The Morgan fingerprint density at radius 1 is 0.929 bits per heavy atom. The Hall–Kier alpha value is -2.12. The highest BCUT2D eigenvalue weighted by atomic mass is 16.5. The molecule has 4 heterocycles. The standard InChI is InChI=1S/C21H29N3O4/c1-27-21(26)24-18-12-17(13-19(24)15-28-14-18)22-10-6-16(7-11-22)20(25)23-8-4-2-3-5-9-23/h2-5,8-9,16-19H,6-7,10-15H2,1H3. The summed E-state index contributed by atoms with van der Waals surface area (Å²) in [6, 6.07) is 0.617. The molecule has 0 saturated carbocycles. The second kappa shape index (κ2) is 8.49. The highest BCUT2D eigenvalue weighted by Crippen LogP contribution is 2.33. The molecule has 2 atom stereocenters. The third-order valence-electron chi connectivity index (χ3n) is 6.36. The number of ether oxygens (including phenoxy) is 2. The highest BCUT2D eigenvalue weighted by Gasteiger charge is 2.44. The summed E-state index contributed by atoms with van der Waals surface area (Å²) in [5.41, 5.74) is 0. The van der Waals surface area contributed by atoms with Crippen molar-refractivity contribution in [3.63, 3.8) is 0 Å². The van der Waals surface area contributed by atoms with Gasteiger partial charge in [0.15, 0.2) is 0 Å². The Morgan fingerprint density at radius 3 is 2.11 bits per heavy atom. The van der Waals surface area contributed by atoms with Crippen LogP contribution in [0.15, 0.2) is 36.7 Å². The van der Waals surface area contributed by atoms with Gasteiger partial charge in [-0.3, -0.25) is 14.6 Å². The van der Waals surface area contributed by atoms with Crippen molar-refractivity contribution in [3.05, 3.63) is 36.7 Å². The SMILES string of the molecule is COC(=O)N1C2COCC1CC(N1CCC(C(=O)N3C=CC=CC=C3)CC1)C2. The first-order valence-corrected chi connectivity index (χ1v) is 10.2. The maximum Gasteiger partial charge on any atom is 0.410 e. The summed E-state index contributed by atoms with van der Waals surface area (Å²) in [5, 5.41) is 0. The molecule has 0 radical (unpaired) electrons. The molecule has 4 aliphatic heterocycles. The van der Waals surface area contributed by atoms with Crippen molar-refractivity contribution in [1.82, 2.24) is 14.7 Å². The largest absolute Gasteiger partial charge is 0.453 e. The van der Waals surface area contributed by atoms with Crippen molar-refractivity contribution in [3.8, 4) is 0 Å². The number of piperidine rings is 2. The van der Waals surface area contributed by atoms with Gasteiger partial charge >= 0.3 is 6.09 Å². The minimum absolute atomic E-state index is 0.0710. The van der Waals surface area contributed by atoms with E-state index < -0.39 is 0 Å². The van der Waals surface area contributed by atoms with Crippen molar-refractivity contribution in [2.75, 3.05) is 33.4 Å². The van der Waals surface area contributed by atoms with Gasteiger partial charge in [-0.05, 0) is 50.9 Å². The lowest BCUT2D eigenvalue weighted by atomic mass is 9.87. The Bertz CT molecular complexity index is 651. The van der Waals surface area contributed by atoms with Gasteiger partial charge in [-0.15, -0.1) is 0 Å². The molecular weight excluding hydrogens is 358 g/mol. The van der Waals surface area contributed by atoms with Crippen LogP contribution in [0.2, 0.25) is 0 Å². The van der Waals surface area contributed by atoms with Crippen molar-refractivity contribution in [2.45, 2.75) is 43.8 Å². The number of carbonyl (C=O) groups is 2. The van der Waals surface area contributed by atoms with E-state index in [2.05, 4.69) is 4.90 Å². The highest BCUT2D eigenvalue weighted by molar-refractivity contribution is 5.81. The van der Waals surface area contributed by atoms with Crippen LogP contribution in [0.25, 0.3) is 0 Å². The fourth-order valence-corrected chi connectivity index (χ4v) is 4.92. The van der Waals surface area contributed by atoms with Crippen LogP contribution in [0.3, 0.4) is 0 Å². The molecule has 152 valence electrons. The predicted molar refractivity (Wildman–Crippen MR) is 104 cm³/mol. The number of morpholine rings is 1. The number of hydrogen-bond donors (Lipinski definition) is 0. The smallest absolute Gasteiger partial charge is 0.410 e. The average molecular weight is 387 g/mol. The van der Waals surface area contributed by atoms with Crippen LogP contribution >= 0.6 is 0 Å². The van der Waals surface area contributed by atoms with Gasteiger partial charge in [-0.2, -0.15) is 0 Å². The predicted octanol–water partition coefficient (Wildman–Crippen LogP) is 2.12. The van der Waals surface area contributed by atoms with Crippen molar-refractivity contribution >= 4 is 12.0 Å². The normalized spacial score (nSPS) is 31.0. The fraction of sp³-hybridized carbons (Fsp3) is 0.619. The number of carbonyl (C=O) groups excluding carboxylic acids is 2. The first-order chi connectivity index (χ1) is 13.7. The lowest BCUT2D eigenvalue weighted by molar-refractivity contribution is -0.133. The molecule has 28 heavy (non-hydrogen) atoms. The van der Waals surface area contributed by atoms with Crippen LogP contribution in [0, 0.1) is 5.92 Å². The maximum absolute atomic E-state index is 12.8. The molecule has 0 spiro atoms. The lowest BCUT2D eigenvalue weighted by Gasteiger charge is -2.50. The summed E-state index contributed by atoms with van der Waals surface area (Å²) in [6.45, 7) is 3.02. The van der Waals surface area contributed by atoms with E-state index in [0.29, 0.717) is 19.3 Å². The summed E-state index contributed by atoms with van der Waals surface area (Å²) >= 11 is 0. The molecule has 7 nitrogen and oxygen atoms in total. The van der Waals surface area contributed by atoms with Crippen molar-refractivity contribution in [2.24, 2.45) is 5.92 Å². The summed E-state index contributed by atoms with van der Waals surface area (Å²) in [4.78, 5) is 31.0. The fourth-order valence-electron chi connectivity index (χ4n) is 4.92. The van der Waals surface area contributed by atoms with Gasteiger partial charge < -0.3 is 14.4 Å². The first kappa shape index (κ1) is 19.2. The van der Waals surface area contributed by atoms with E-state index in [1.807, 2.05) is 41.6 Å². The molecule has 0 aromatic carbocycles. The third-order valence-corrected chi connectivity index (χ3v) is 6.36. The number of allylic oxidation sites excluding steroid dienone is 4. The van der Waals surface area contributed by atoms with Crippen LogP contribution in [0.5, 0.6) is 0 Å². The second-order valence-corrected chi connectivity index (χ2v) is 7.97. The zero-order valence-electron chi connectivity index (χ0n) is 16.4. The summed E-state index contributed by atoms with van der Waals surface area (Å²) < 4.78 is 10.7.